The molecule has 0 amide bonds. The molecule has 198 valence electrons. The number of ether oxygens (including phenoxy) is 1. The second kappa shape index (κ2) is 8.44. The minimum absolute atomic E-state index is 0.192. The van der Waals surface area contributed by atoms with Crippen LogP contribution in [0.4, 0.5) is 0 Å². The van der Waals surface area contributed by atoms with Crippen molar-refractivity contribution in [2.24, 2.45) is 0 Å². The van der Waals surface area contributed by atoms with Gasteiger partial charge in [0.05, 0.1) is 31.5 Å². The highest BCUT2D eigenvalue weighted by atomic mass is 16.5. The molecule has 0 fully saturated rings. The van der Waals surface area contributed by atoms with Crippen molar-refractivity contribution >= 4 is 53.9 Å². The van der Waals surface area contributed by atoms with Crippen molar-refractivity contribution < 1.29 is 36.3 Å². The van der Waals surface area contributed by atoms with Crippen molar-refractivity contribution in [2.75, 3.05) is 0 Å². The van der Waals surface area contributed by atoms with E-state index in [9.17, 15) is 11.0 Å². The molecule has 1 nitrogen and oxygen atoms in total. The van der Waals surface area contributed by atoms with Crippen LogP contribution in [0.3, 0.4) is 0 Å². The van der Waals surface area contributed by atoms with Gasteiger partial charge in [-0.1, -0.05) is 127 Å². The summed E-state index contributed by atoms with van der Waals surface area (Å²) >= 11 is 0. The first-order valence-electron chi connectivity index (χ1n) is 24.5. The van der Waals surface area contributed by atoms with Gasteiger partial charge in [0.1, 0.15) is 11.5 Å². The third-order valence-electron chi connectivity index (χ3n) is 7.61. The SMILES string of the molecule is [2H]c1c(-c2c([2H])c([2H])c(-c3c([2H])c([2H])c4c([2H])c([2H])c5c([2H])c([2H])c([2H])c6c([2H])c([2H])c3c4c56)c3c([2H])c([2H])c([2H])c([2H])c23)cc2c(c1[2H])Oc1c([2H])c([2H])c([2H])c3c([2H])c([2H])c([2H])c-2c13. The molecular weight excluding hydrogens is 520 g/mol. The lowest BCUT2D eigenvalue weighted by Crippen LogP contribution is -1.97. The van der Waals surface area contributed by atoms with Gasteiger partial charge in [0.15, 0.2) is 0 Å². The van der Waals surface area contributed by atoms with Crippen LogP contribution < -0.4 is 4.74 Å². The van der Waals surface area contributed by atoms with Gasteiger partial charge in [0.25, 0.3) is 0 Å². The highest BCUT2D eigenvalue weighted by Crippen LogP contribution is 2.48. The van der Waals surface area contributed by atoms with E-state index in [0.29, 0.717) is 0 Å². The molecule has 0 spiro atoms. The molecule has 9 aromatic carbocycles. The van der Waals surface area contributed by atoms with Gasteiger partial charge >= 0.3 is 0 Å². The summed E-state index contributed by atoms with van der Waals surface area (Å²) in [6, 6.07) is -16.0. The Morgan fingerprint density at radius 1 is 0.349 bits per heavy atom. The van der Waals surface area contributed by atoms with Crippen LogP contribution in [0.25, 0.3) is 87.2 Å². The van der Waals surface area contributed by atoms with Crippen LogP contribution >= 0.6 is 0 Å². The summed E-state index contributed by atoms with van der Waals surface area (Å²) in [5.41, 5.74) is -2.63. The van der Waals surface area contributed by atoms with Crippen LogP contribution in [-0.2, 0) is 0 Å². The van der Waals surface area contributed by atoms with E-state index in [1.807, 2.05) is 0 Å². The molecule has 10 rings (SSSR count). The Morgan fingerprint density at radius 2 is 0.953 bits per heavy atom. The van der Waals surface area contributed by atoms with Crippen LogP contribution in [-0.4, -0.2) is 0 Å². The van der Waals surface area contributed by atoms with Crippen molar-refractivity contribution in [3.8, 4) is 44.9 Å². The Morgan fingerprint density at radius 3 is 1.79 bits per heavy atom. The third-order valence-corrected chi connectivity index (χ3v) is 7.61. The van der Waals surface area contributed by atoms with Gasteiger partial charge in [-0.25, -0.2) is 0 Å². The second-order valence-corrected chi connectivity index (χ2v) is 9.86. The van der Waals surface area contributed by atoms with Gasteiger partial charge < -0.3 is 4.74 Å². The predicted molar refractivity (Wildman–Crippen MR) is 182 cm³/mol. The molecule has 1 heterocycles. The summed E-state index contributed by atoms with van der Waals surface area (Å²) in [5.74, 6) is -0.866. The van der Waals surface area contributed by atoms with E-state index in [2.05, 4.69) is 0 Å². The fourth-order valence-corrected chi connectivity index (χ4v) is 5.74. The van der Waals surface area contributed by atoms with E-state index < -0.39 is 194 Å². The largest absolute Gasteiger partial charge is 0.456 e. The van der Waals surface area contributed by atoms with E-state index in [1.54, 1.807) is 0 Å². The van der Waals surface area contributed by atoms with Gasteiger partial charge in [-0.3, -0.25) is 0 Å². The second-order valence-electron chi connectivity index (χ2n) is 9.86. The molecule has 43 heavy (non-hydrogen) atoms. The molecule has 9 aromatic rings. The van der Waals surface area contributed by atoms with Gasteiger partial charge in [-0.2, -0.15) is 0 Å². The first-order valence-corrected chi connectivity index (χ1v) is 13.0. The lowest BCUT2D eigenvalue weighted by Gasteiger charge is -2.22. The summed E-state index contributed by atoms with van der Waals surface area (Å²) < 4.78 is 212. The molecule has 1 aliphatic heterocycles. The summed E-state index contributed by atoms with van der Waals surface area (Å²) in [5, 5.41) is -3.71. The molecule has 0 aliphatic carbocycles. The van der Waals surface area contributed by atoms with Gasteiger partial charge in [0.2, 0.25) is 0 Å². The predicted octanol–water partition coefficient (Wildman–Crippen LogP) is 12.0. The minimum Gasteiger partial charge on any atom is -0.456 e. The molecule has 1 heteroatoms. The van der Waals surface area contributed by atoms with E-state index in [1.165, 1.54) is 0 Å². The molecule has 0 unspecified atom stereocenters. The lowest BCUT2D eigenvalue weighted by molar-refractivity contribution is 0.487. The molecular formula is C42H24O. The Balaban J connectivity index is 1.42. The molecule has 0 bridgehead atoms. The summed E-state index contributed by atoms with van der Waals surface area (Å²) in [7, 11) is 0. The zero-order chi connectivity index (χ0) is 48.1. The quantitative estimate of drug-likeness (QED) is 0.189. The topological polar surface area (TPSA) is 9.23 Å². The average Bonchev–Trinajstić information content (AvgIpc) is 3.28. The molecule has 0 N–H and O–H groups in total. The van der Waals surface area contributed by atoms with Gasteiger partial charge in [-0.05, 0) is 94.4 Å². The molecule has 0 aromatic heterocycles. The molecule has 0 saturated carbocycles. The Kier molecular flexibility index (Phi) is 2.01. The maximum Gasteiger partial charge on any atom is 0.135 e. The third kappa shape index (κ3) is 3.17. The number of hydrogen-bond donors (Lipinski definition) is 0. The van der Waals surface area contributed by atoms with Crippen molar-refractivity contribution in [1.29, 1.82) is 0 Å². The zero-order valence-electron chi connectivity index (χ0n) is 44.5. The molecule has 0 atom stereocenters. The van der Waals surface area contributed by atoms with Crippen molar-refractivity contribution in [3.05, 3.63) is 145 Å². The lowest BCUT2D eigenvalue weighted by atomic mass is 9.86. The van der Waals surface area contributed by atoms with Crippen LogP contribution in [0.1, 0.15) is 31.5 Å². The number of hydrogen-bond acceptors (Lipinski definition) is 1. The molecule has 0 radical (unpaired) electrons. The van der Waals surface area contributed by atoms with Crippen LogP contribution in [0.2, 0.25) is 0 Å². The van der Waals surface area contributed by atoms with Gasteiger partial charge in [-0.15, -0.1) is 0 Å². The highest BCUT2D eigenvalue weighted by molar-refractivity contribution is 6.26. The Labute approximate surface area is 280 Å². The minimum atomic E-state index is -0.902. The zero-order valence-corrected chi connectivity index (χ0v) is 21.5. The fourth-order valence-electron chi connectivity index (χ4n) is 5.74. The Hall–Kier alpha value is -5.66. The number of fused-ring (bicyclic) bond motifs is 3. The Bertz CT molecular complexity index is 3850. The molecule has 0 saturated heterocycles. The number of rotatable bonds is 2. The number of benzene rings is 9. The van der Waals surface area contributed by atoms with Gasteiger partial charge in [0, 0.05) is 10.9 Å². The standard InChI is InChI=1S/C42H24O/c1-2-11-32-31(10-1)30(29-18-23-38-37(24-29)35-12-4-8-25-9-5-13-39(43-38)41(25)35)21-22-33(32)34-19-16-28-15-14-26-6-3-7-27-17-20-36(34)42(28)40(26)27/h1-24H/i1D,2D,3D,4D,5D,6D,7D,8D,9D,10D,11D,12D,13D,14D,15D,16D,17D,18D,19D,20D,21D,22D,23D. The first kappa shape index (κ1) is 10.3. The maximum atomic E-state index is 9.64. The van der Waals surface area contributed by atoms with E-state index >= 15 is 0 Å². The summed E-state index contributed by atoms with van der Waals surface area (Å²) in [4.78, 5) is 0. The van der Waals surface area contributed by atoms with E-state index in [-0.39, 0.29) is 43.4 Å². The normalized spacial score (nSPS) is 19.9. The van der Waals surface area contributed by atoms with Crippen molar-refractivity contribution in [2.45, 2.75) is 0 Å². The van der Waals surface area contributed by atoms with Crippen molar-refractivity contribution in [1.82, 2.24) is 0 Å². The average molecular weight is 568 g/mol. The first-order chi connectivity index (χ1) is 30.9. The van der Waals surface area contributed by atoms with E-state index in [0.717, 1.165) is 6.07 Å². The molecule has 1 aliphatic rings. The van der Waals surface area contributed by atoms with Crippen molar-refractivity contribution in [3.63, 3.8) is 0 Å². The van der Waals surface area contributed by atoms with Crippen LogP contribution in [0.15, 0.2) is 145 Å². The smallest absolute Gasteiger partial charge is 0.135 e. The van der Waals surface area contributed by atoms with E-state index in [4.69, 9.17) is 25.3 Å². The monoisotopic (exact) mass is 567 g/mol. The highest BCUT2D eigenvalue weighted by Gasteiger charge is 2.21. The summed E-state index contributed by atoms with van der Waals surface area (Å²) in [6.45, 7) is 0. The summed E-state index contributed by atoms with van der Waals surface area (Å²) in [6.07, 6.45) is 0. The maximum absolute atomic E-state index is 9.64. The van der Waals surface area contributed by atoms with Crippen LogP contribution in [0.5, 0.6) is 11.5 Å². The van der Waals surface area contributed by atoms with Crippen LogP contribution in [0, 0.1) is 0 Å². The fraction of sp³-hybridized carbons (Fsp3) is 0.